The Morgan fingerprint density at radius 2 is 1.77 bits per heavy atom. The molecular formula is C18H26N2O6. The fraction of sp³-hybridized carbons (Fsp3) is 0.500. The summed E-state index contributed by atoms with van der Waals surface area (Å²) in [5, 5.41) is 4.28. The van der Waals surface area contributed by atoms with E-state index < -0.39 is 24.0 Å². The van der Waals surface area contributed by atoms with Crippen LogP contribution in [0.4, 0.5) is 4.79 Å². The Balaban J connectivity index is 2.83. The SMILES string of the molecule is CCOc1cc(C(=O)O[C@H](C)C(=O)NC(=O)NC)ccc1OCC(C)C. The third-order valence-corrected chi connectivity index (χ3v) is 3.17. The van der Waals surface area contributed by atoms with Gasteiger partial charge in [-0.05, 0) is 38.0 Å². The number of benzene rings is 1. The van der Waals surface area contributed by atoms with Crippen molar-refractivity contribution in [2.75, 3.05) is 20.3 Å². The third-order valence-electron chi connectivity index (χ3n) is 3.17. The predicted octanol–water partition coefficient (Wildman–Crippen LogP) is 2.12. The summed E-state index contributed by atoms with van der Waals surface area (Å²) in [5.41, 5.74) is 0.213. The topological polar surface area (TPSA) is 103 Å². The lowest BCUT2D eigenvalue weighted by Gasteiger charge is -2.16. The summed E-state index contributed by atoms with van der Waals surface area (Å²) in [6.45, 7) is 8.17. The van der Waals surface area contributed by atoms with Gasteiger partial charge in [0.1, 0.15) is 0 Å². The van der Waals surface area contributed by atoms with Gasteiger partial charge in [-0.3, -0.25) is 10.1 Å². The van der Waals surface area contributed by atoms with Gasteiger partial charge < -0.3 is 19.5 Å². The molecule has 1 atom stereocenters. The Morgan fingerprint density at radius 1 is 1.08 bits per heavy atom. The van der Waals surface area contributed by atoms with E-state index in [-0.39, 0.29) is 5.56 Å². The molecule has 1 aromatic rings. The first kappa shape index (κ1) is 21.3. The van der Waals surface area contributed by atoms with E-state index in [9.17, 15) is 14.4 Å². The zero-order valence-corrected chi connectivity index (χ0v) is 15.8. The minimum atomic E-state index is -1.13. The monoisotopic (exact) mass is 366 g/mol. The van der Waals surface area contributed by atoms with Crippen LogP contribution in [0, 0.1) is 5.92 Å². The van der Waals surface area contributed by atoms with Crippen molar-refractivity contribution in [3.63, 3.8) is 0 Å². The highest BCUT2D eigenvalue weighted by Crippen LogP contribution is 2.29. The van der Waals surface area contributed by atoms with Crippen molar-refractivity contribution in [3.05, 3.63) is 23.8 Å². The minimum Gasteiger partial charge on any atom is -0.490 e. The largest absolute Gasteiger partial charge is 0.490 e. The Hall–Kier alpha value is -2.77. The number of nitrogens with one attached hydrogen (secondary N) is 2. The number of amides is 3. The molecule has 0 fully saturated rings. The highest BCUT2D eigenvalue weighted by atomic mass is 16.5. The Morgan fingerprint density at radius 3 is 2.35 bits per heavy atom. The van der Waals surface area contributed by atoms with Crippen molar-refractivity contribution in [3.8, 4) is 11.5 Å². The van der Waals surface area contributed by atoms with Gasteiger partial charge in [-0.2, -0.15) is 0 Å². The molecule has 0 aliphatic carbocycles. The van der Waals surface area contributed by atoms with Crippen molar-refractivity contribution >= 4 is 17.9 Å². The first-order valence-corrected chi connectivity index (χ1v) is 8.41. The molecule has 8 heteroatoms. The molecule has 0 aromatic heterocycles. The lowest BCUT2D eigenvalue weighted by Crippen LogP contribution is -2.43. The lowest BCUT2D eigenvalue weighted by molar-refractivity contribution is -0.127. The third kappa shape index (κ3) is 6.62. The number of esters is 1. The Kier molecular flexibility index (Phi) is 8.41. The van der Waals surface area contributed by atoms with Gasteiger partial charge in [-0.1, -0.05) is 13.8 Å². The average Bonchev–Trinajstić information content (AvgIpc) is 2.60. The maximum Gasteiger partial charge on any atom is 0.339 e. The molecule has 1 rings (SSSR count). The molecule has 0 saturated carbocycles. The van der Waals surface area contributed by atoms with E-state index in [1.165, 1.54) is 26.1 Å². The van der Waals surface area contributed by atoms with Gasteiger partial charge in [-0.15, -0.1) is 0 Å². The van der Waals surface area contributed by atoms with Crippen LogP contribution in [0.25, 0.3) is 0 Å². The molecule has 0 bridgehead atoms. The number of imide groups is 1. The van der Waals surface area contributed by atoms with Gasteiger partial charge in [0, 0.05) is 7.05 Å². The Bertz CT molecular complexity index is 645. The summed E-state index contributed by atoms with van der Waals surface area (Å²) in [6, 6.07) is 3.98. The van der Waals surface area contributed by atoms with Crippen LogP contribution in [0.15, 0.2) is 18.2 Å². The molecule has 2 N–H and O–H groups in total. The quantitative estimate of drug-likeness (QED) is 0.683. The number of hydrogen-bond donors (Lipinski definition) is 2. The van der Waals surface area contributed by atoms with Crippen LogP contribution in [-0.4, -0.2) is 44.3 Å². The summed E-state index contributed by atoms with van der Waals surface area (Å²) in [4.78, 5) is 35.1. The van der Waals surface area contributed by atoms with Crippen LogP contribution in [0.2, 0.25) is 0 Å². The summed E-state index contributed by atoms with van der Waals surface area (Å²) in [5.74, 6) is -0.137. The van der Waals surface area contributed by atoms with Crippen LogP contribution in [0.3, 0.4) is 0 Å². The molecule has 0 saturated heterocycles. The standard InChI is InChI=1S/C18H26N2O6/c1-6-24-15-9-13(7-8-14(15)25-10-11(2)3)17(22)26-12(4)16(21)20-18(23)19-5/h7-9,11-12H,6,10H2,1-5H3,(H2,19,20,21,23)/t12-/m1/s1. The van der Waals surface area contributed by atoms with Gasteiger partial charge in [-0.25, -0.2) is 9.59 Å². The molecule has 0 heterocycles. The number of urea groups is 1. The number of hydrogen-bond acceptors (Lipinski definition) is 6. The fourth-order valence-electron chi connectivity index (χ4n) is 1.84. The van der Waals surface area contributed by atoms with E-state index in [1.807, 2.05) is 26.1 Å². The molecule has 3 amide bonds. The molecule has 0 radical (unpaired) electrons. The maximum absolute atomic E-state index is 12.2. The minimum absolute atomic E-state index is 0.213. The summed E-state index contributed by atoms with van der Waals surface area (Å²) in [6.07, 6.45) is -1.13. The highest BCUT2D eigenvalue weighted by Gasteiger charge is 2.21. The van der Waals surface area contributed by atoms with Crippen molar-refractivity contribution < 1.29 is 28.6 Å². The van der Waals surface area contributed by atoms with Crippen LogP contribution >= 0.6 is 0 Å². The zero-order valence-electron chi connectivity index (χ0n) is 15.8. The van der Waals surface area contributed by atoms with Gasteiger partial charge in [0.2, 0.25) is 0 Å². The predicted molar refractivity (Wildman–Crippen MR) is 95.4 cm³/mol. The van der Waals surface area contributed by atoms with Crippen molar-refractivity contribution in [1.82, 2.24) is 10.6 Å². The molecule has 8 nitrogen and oxygen atoms in total. The van der Waals surface area contributed by atoms with E-state index >= 15 is 0 Å². The average molecular weight is 366 g/mol. The van der Waals surface area contributed by atoms with Gasteiger partial charge in [0.25, 0.3) is 5.91 Å². The first-order valence-electron chi connectivity index (χ1n) is 8.41. The zero-order chi connectivity index (χ0) is 19.7. The van der Waals surface area contributed by atoms with Gasteiger partial charge in [0.05, 0.1) is 18.8 Å². The molecule has 0 spiro atoms. The highest BCUT2D eigenvalue weighted by molar-refractivity contribution is 5.98. The molecule has 144 valence electrons. The molecule has 0 aliphatic heterocycles. The number of rotatable bonds is 8. The second-order valence-electron chi connectivity index (χ2n) is 5.92. The van der Waals surface area contributed by atoms with E-state index in [2.05, 4.69) is 5.32 Å². The van der Waals surface area contributed by atoms with Gasteiger partial charge >= 0.3 is 12.0 Å². The summed E-state index contributed by atoms with van der Waals surface area (Å²) < 4.78 is 16.3. The van der Waals surface area contributed by atoms with Crippen LogP contribution in [0.5, 0.6) is 11.5 Å². The number of carbonyl (C=O) groups excluding carboxylic acids is 3. The molecular weight excluding hydrogens is 340 g/mol. The van der Waals surface area contributed by atoms with Crippen LogP contribution in [0.1, 0.15) is 38.1 Å². The number of carbonyl (C=O) groups is 3. The molecule has 0 unspecified atom stereocenters. The lowest BCUT2D eigenvalue weighted by atomic mass is 10.2. The first-order chi connectivity index (χ1) is 12.3. The smallest absolute Gasteiger partial charge is 0.339 e. The van der Waals surface area contributed by atoms with E-state index in [0.29, 0.717) is 30.6 Å². The van der Waals surface area contributed by atoms with Crippen molar-refractivity contribution in [2.45, 2.75) is 33.8 Å². The fourth-order valence-corrected chi connectivity index (χ4v) is 1.84. The van der Waals surface area contributed by atoms with Gasteiger partial charge in [0.15, 0.2) is 17.6 Å². The second kappa shape index (κ2) is 10.3. The van der Waals surface area contributed by atoms with E-state index in [4.69, 9.17) is 14.2 Å². The van der Waals surface area contributed by atoms with Crippen molar-refractivity contribution in [2.24, 2.45) is 5.92 Å². The van der Waals surface area contributed by atoms with E-state index in [1.54, 1.807) is 6.07 Å². The van der Waals surface area contributed by atoms with Crippen LogP contribution < -0.4 is 20.1 Å². The summed E-state index contributed by atoms with van der Waals surface area (Å²) in [7, 11) is 1.37. The molecule has 26 heavy (non-hydrogen) atoms. The Labute approximate surface area is 153 Å². The van der Waals surface area contributed by atoms with Crippen molar-refractivity contribution in [1.29, 1.82) is 0 Å². The van der Waals surface area contributed by atoms with Crippen LogP contribution in [-0.2, 0) is 9.53 Å². The number of ether oxygens (including phenoxy) is 3. The van der Waals surface area contributed by atoms with E-state index in [0.717, 1.165) is 0 Å². The molecule has 1 aromatic carbocycles. The summed E-state index contributed by atoms with van der Waals surface area (Å²) >= 11 is 0. The molecule has 0 aliphatic rings. The maximum atomic E-state index is 12.2. The normalized spacial score (nSPS) is 11.5. The second-order valence-corrected chi connectivity index (χ2v) is 5.92.